The Morgan fingerprint density at radius 2 is 1.90 bits per heavy atom. The van der Waals surface area contributed by atoms with E-state index in [-0.39, 0.29) is 12.8 Å². The van der Waals surface area contributed by atoms with Gasteiger partial charge in [0.15, 0.2) is 5.78 Å². The molecule has 2 nitrogen and oxygen atoms in total. The third-order valence-corrected chi connectivity index (χ3v) is 1.15. The van der Waals surface area contributed by atoms with E-state index in [2.05, 4.69) is 0 Å². The van der Waals surface area contributed by atoms with Gasteiger partial charge in [-0.15, -0.1) is 0 Å². The lowest BCUT2D eigenvalue weighted by Gasteiger charge is -1.95. The van der Waals surface area contributed by atoms with E-state index < -0.39 is 17.4 Å². The second-order valence-corrected chi connectivity index (χ2v) is 1.89. The van der Waals surface area contributed by atoms with Crippen LogP contribution < -0.4 is 0 Å². The van der Waals surface area contributed by atoms with E-state index >= 15 is 0 Å². The normalized spacial score (nSPS) is 12.7. The Bertz CT molecular complexity index is 161. The quantitative estimate of drug-likeness (QED) is 0.489. The van der Waals surface area contributed by atoms with Crippen LogP contribution in [0.25, 0.3) is 0 Å². The third kappa shape index (κ3) is 2.17. The van der Waals surface area contributed by atoms with Gasteiger partial charge in [0, 0.05) is 12.8 Å². The van der Waals surface area contributed by atoms with Gasteiger partial charge in [-0.1, -0.05) is 13.8 Å². The lowest BCUT2D eigenvalue weighted by molar-refractivity contribution is -0.116. The minimum atomic E-state index is -0.995. The Morgan fingerprint density at radius 3 is 2.20 bits per heavy atom. The van der Waals surface area contributed by atoms with Gasteiger partial charge in [0.05, 0.1) is 0 Å². The number of allylic oxidation sites excluding steroid dienone is 2. The molecule has 0 radical (unpaired) electrons. The number of aliphatic hydroxyl groups excluding tert-OH is 1. The summed E-state index contributed by atoms with van der Waals surface area (Å²) in [7, 11) is 0. The summed E-state index contributed by atoms with van der Waals surface area (Å²) in [5.74, 6) is -2.09. The van der Waals surface area contributed by atoms with Gasteiger partial charge in [0.25, 0.3) is 0 Å². The van der Waals surface area contributed by atoms with E-state index in [0.717, 1.165) is 0 Å². The van der Waals surface area contributed by atoms with Gasteiger partial charge in [0.1, 0.15) is 5.76 Å². The summed E-state index contributed by atoms with van der Waals surface area (Å²) in [5.41, 5.74) is 0. The molecule has 0 heterocycles. The minimum Gasteiger partial charge on any atom is -0.509 e. The molecule has 0 aliphatic rings. The standard InChI is InChI=1S/C7H11FO2/c1-3-5(9)7(8)6(10)4-2/h9H,3-4H2,1-2H3/b7-5+. The van der Waals surface area contributed by atoms with Crippen LogP contribution >= 0.6 is 0 Å². The molecule has 0 unspecified atom stereocenters. The highest BCUT2D eigenvalue weighted by atomic mass is 19.1. The van der Waals surface area contributed by atoms with Gasteiger partial charge in [-0.05, 0) is 0 Å². The Morgan fingerprint density at radius 1 is 1.40 bits per heavy atom. The van der Waals surface area contributed by atoms with Crippen LogP contribution in [0.4, 0.5) is 4.39 Å². The first kappa shape index (κ1) is 9.14. The number of carbonyl (C=O) groups is 1. The fourth-order valence-electron chi connectivity index (χ4n) is 0.471. The van der Waals surface area contributed by atoms with Crippen molar-refractivity contribution in [1.82, 2.24) is 0 Å². The lowest BCUT2D eigenvalue weighted by Crippen LogP contribution is -1.99. The summed E-state index contributed by atoms with van der Waals surface area (Å²) in [5, 5.41) is 8.71. The molecule has 3 heteroatoms. The molecule has 0 aromatic rings. The minimum absolute atomic E-state index is 0.0931. The highest BCUT2D eigenvalue weighted by Crippen LogP contribution is 2.09. The molecule has 0 aliphatic heterocycles. The van der Waals surface area contributed by atoms with Crippen LogP contribution in [-0.2, 0) is 4.79 Å². The molecule has 1 N–H and O–H groups in total. The first-order valence-corrected chi connectivity index (χ1v) is 3.24. The van der Waals surface area contributed by atoms with E-state index in [9.17, 15) is 9.18 Å². The van der Waals surface area contributed by atoms with E-state index in [1.165, 1.54) is 0 Å². The molecule has 10 heavy (non-hydrogen) atoms. The third-order valence-electron chi connectivity index (χ3n) is 1.15. The number of rotatable bonds is 3. The predicted octanol–water partition coefficient (Wildman–Crippen LogP) is 2.11. The number of halogens is 1. The molecular formula is C7H11FO2. The molecule has 0 atom stereocenters. The van der Waals surface area contributed by atoms with Crippen molar-refractivity contribution < 1.29 is 14.3 Å². The fraction of sp³-hybridized carbons (Fsp3) is 0.571. The lowest BCUT2D eigenvalue weighted by atomic mass is 10.2. The number of ketones is 1. The number of hydrogen-bond donors (Lipinski definition) is 1. The van der Waals surface area contributed by atoms with Crippen LogP contribution in [0, 0.1) is 0 Å². The van der Waals surface area contributed by atoms with Crippen molar-refractivity contribution in [3.63, 3.8) is 0 Å². The van der Waals surface area contributed by atoms with Crippen molar-refractivity contribution in [2.75, 3.05) is 0 Å². The first-order chi connectivity index (χ1) is 4.63. The van der Waals surface area contributed by atoms with Crippen molar-refractivity contribution in [1.29, 1.82) is 0 Å². The molecule has 0 spiro atoms. The zero-order valence-corrected chi connectivity index (χ0v) is 6.15. The Balaban J connectivity index is 4.30. The van der Waals surface area contributed by atoms with Crippen molar-refractivity contribution in [2.45, 2.75) is 26.7 Å². The summed E-state index contributed by atoms with van der Waals surface area (Å²) in [6.45, 7) is 3.13. The number of aliphatic hydroxyl groups is 1. The van der Waals surface area contributed by atoms with Gasteiger partial charge in [-0.25, -0.2) is 0 Å². The second-order valence-electron chi connectivity index (χ2n) is 1.89. The maximum atomic E-state index is 12.5. The average molecular weight is 146 g/mol. The molecule has 0 aliphatic carbocycles. The van der Waals surface area contributed by atoms with Gasteiger partial charge >= 0.3 is 0 Å². The van der Waals surface area contributed by atoms with Crippen LogP contribution in [0.2, 0.25) is 0 Å². The maximum Gasteiger partial charge on any atom is 0.203 e. The average Bonchev–Trinajstić information content (AvgIpc) is 2.00. The molecule has 0 rings (SSSR count). The summed E-state index contributed by atoms with van der Waals surface area (Å²) in [6.07, 6.45) is 0.257. The Labute approximate surface area is 59.4 Å². The van der Waals surface area contributed by atoms with E-state index in [1.54, 1.807) is 13.8 Å². The van der Waals surface area contributed by atoms with Crippen molar-refractivity contribution >= 4 is 5.78 Å². The number of Topliss-reactive ketones (excluding diaryl/α,β-unsaturated/α-hetero) is 1. The van der Waals surface area contributed by atoms with Crippen molar-refractivity contribution in [3.05, 3.63) is 11.6 Å². The fourth-order valence-corrected chi connectivity index (χ4v) is 0.471. The molecule has 0 saturated carbocycles. The van der Waals surface area contributed by atoms with Gasteiger partial charge in [-0.2, -0.15) is 4.39 Å². The summed E-state index contributed by atoms with van der Waals surface area (Å²) in [6, 6.07) is 0. The SMILES string of the molecule is CCC(=O)/C(F)=C(\O)CC. The van der Waals surface area contributed by atoms with E-state index in [1.807, 2.05) is 0 Å². The Hall–Kier alpha value is -0.860. The van der Waals surface area contributed by atoms with Crippen LogP contribution in [0.1, 0.15) is 26.7 Å². The maximum absolute atomic E-state index is 12.5. The molecule has 0 saturated heterocycles. The van der Waals surface area contributed by atoms with Crippen LogP contribution in [0.3, 0.4) is 0 Å². The highest BCUT2D eigenvalue weighted by molar-refractivity contribution is 5.93. The topological polar surface area (TPSA) is 37.3 Å². The first-order valence-electron chi connectivity index (χ1n) is 3.24. The highest BCUT2D eigenvalue weighted by Gasteiger charge is 2.10. The molecule has 0 bridgehead atoms. The largest absolute Gasteiger partial charge is 0.509 e. The van der Waals surface area contributed by atoms with Crippen LogP contribution in [-0.4, -0.2) is 10.9 Å². The van der Waals surface area contributed by atoms with Gasteiger partial charge in [-0.3, -0.25) is 4.79 Å². The molecule has 58 valence electrons. The predicted molar refractivity (Wildman–Crippen MR) is 36.4 cm³/mol. The van der Waals surface area contributed by atoms with Gasteiger partial charge < -0.3 is 5.11 Å². The summed E-state index contributed by atoms with van der Waals surface area (Å²) in [4.78, 5) is 10.5. The van der Waals surface area contributed by atoms with E-state index in [0.29, 0.717) is 0 Å². The molecule has 0 fully saturated rings. The zero-order chi connectivity index (χ0) is 8.15. The number of hydrogen-bond acceptors (Lipinski definition) is 2. The van der Waals surface area contributed by atoms with Crippen molar-refractivity contribution in [2.24, 2.45) is 0 Å². The van der Waals surface area contributed by atoms with Crippen molar-refractivity contribution in [3.8, 4) is 0 Å². The molecule has 0 amide bonds. The second kappa shape index (κ2) is 4.04. The Kier molecular flexibility index (Phi) is 3.69. The number of carbonyl (C=O) groups excluding carboxylic acids is 1. The molecular weight excluding hydrogens is 135 g/mol. The van der Waals surface area contributed by atoms with Crippen LogP contribution in [0.5, 0.6) is 0 Å². The molecule has 0 aromatic carbocycles. The summed E-state index contributed by atoms with van der Waals surface area (Å²) >= 11 is 0. The van der Waals surface area contributed by atoms with E-state index in [4.69, 9.17) is 5.11 Å². The smallest absolute Gasteiger partial charge is 0.203 e. The summed E-state index contributed by atoms with van der Waals surface area (Å²) < 4.78 is 12.5. The monoisotopic (exact) mass is 146 g/mol. The van der Waals surface area contributed by atoms with Crippen LogP contribution in [0.15, 0.2) is 11.6 Å². The molecule has 0 aromatic heterocycles. The zero-order valence-electron chi connectivity index (χ0n) is 6.15. The van der Waals surface area contributed by atoms with Gasteiger partial charge in [0.2, 0.25) is 5.83 Å².